The van der Waals surface area contributed by atoms with Crippen LogP contribution >= 0.6 is 15.9 Å². The molecule has 0 bridgehead atoms. The van der Waals surface area contributed by atoms with E-state index in [2.05, 4.69) is 27.3 Å². The number of rotatable bonds is 3. The van der Waals surface area contributed by atoms with Crippen LogP contribution in [0, 0.1) is 17.2 Å². The number of nitrogens with zero attached hydrogens (tertiary/aromatic N) is 1. The molecule has 1 saturated carbocycles. The molecule has 1 N–H and O–H groups in total. The first-order valence-corrected chi connectivity index (χ1v) is 7.38. The summed E-state index contributed by atoms with van der Waals surface area (Å²) >= 11 is 3.43. The van der Waals surface area contributed by atoms with E-state index in [0.717, 1.165) is 23.0 Å². The van der Waals surface area contributed by atoms with Gasteiger partial charge in [-0.15, -0.1) is 0 Å². The van der Waals surface area contributed by atoms with Crippen LogP contribution in [0.5, 0.6) is 0 Å². The van der Waals surface area contributed by atoms with Crippen molar-refractivity contribution in [1.29, 1.82) is 5.26 Å². The van der Waals surface area contributed by atoms with E-state index in [4.69, 9.17) is 0 Å². The fourth-order valence-electron chi connectivity index (χ4n) is 2.73. The molecule has 0 saturated heterocycles. The third-order valence-corrected chi connectivity index (χ3v) is 4.43. The standard InChI is InChI=1S/C15H19BrN2/c1-15(11-17,12-5-3-2-4-6-12)18-14-9-7-13(16)8-10-14/h7-10,12,18H,2-6H2,1H3. The molecule has 0 aromatic heterocycles. The first-order chi connectivity index (χ1) is 8.64. The Morgan fingerprint density at radius 1 is 1.22 bits per heavy atom. The van der Waals surface area contributed by atoms with Crippen LogP contribution in [0.3, 0.4) is 0 Å². The molecule has 1 aromatic carbocycles. The zero-order valence-electron chi connectivity index (χ0n) is 10.7. The van der Waals surface area contributed by atoms with E-state index in [1.807, 2.05) is 31.2 Å². The molecule has 2 nitrogen and oxygen atoms in total. The van der Waals surface area contributed by atoms with Gasteiger partial charge in [-0.3, -0.25) is 0 Å². The predicted octanol–water partition coefficient (Wildman–Crippen LogP) is 4.72. The van der Waals surface area contributed by atoms with Crippen molar-refractivity contribution in [3.8, 4) is 6.07 Å². The summed E-state index contributed by atoms with van der Waals surface area (Å²) in [7, 11) is 0. The molecule has 0 heterocycles. The first kappa shape index (κ1) is 13.4. The molecule has 1 atom stereocenters. The van der Waals surface area contributed by atoms with Crippen LogP contribution in [0.2, 0.25) is 0 Å². The number of hydrogen-bond acceptors (Lipinski definition) is 2. The second-order valence-electron chi connectivity index (χ2n) is 5.28. The zero-order chi connectivity index (χ0) is 13.0. The van der Waals surface area contributed by atoms with Crippen molar-refractivity contribution in [2.75, 3.05) is 5.32 Å². The Kier molecular flexibility index (Phi) is 4.29. The predicted molar refractivity (Wildman–Crippen MR) is 78.4 cm³/mol. The van der Waals surface area contributed by atoms with Crippen LogP contribution in [-0.2, 0) is 0 Å². The van der Waals surface area contributed by atoms with Gasteiger partial charge in [-0.05, 0) is 49.9 Å². The molecule has 96 valence electrons. The van der Waals surface area contributed by atoms with Crippen molar-refractivity contribution < 1.29 is 0 Å². The van der Waals surface area contributed by atoms with Crippen molar-refractivity contribution in [3.05, 3.63) is 28.7 Å². The molecule has 3 heteroatoms. The summed E-state index contributed by atoms with van der Waals surface area (Å²) in [5, 5.41) is 13.0. The van der Waals surface area contributed by atoms with Crippen LogP contribution in [0.25, 0.3) is 0 Å². The minimum atomic E-state index is -0.450. The van der Waals surface area contributed by atoms with Crippen molar-refractivity contribution in [1.82, 2.24) is 0 Å². The minimum absolute atomic E-state index is 0.450. The van der Waals surface area contributed by atoms with Gasteiger partial charge >= 0.3 is 0 Å². The number of halogens is 1. The van der Waals surface area contributed by atoms with Gasteiger partial charge in [0.05, 0.1) is 6.07 Å². The molecule has 0 radical (unpaired) electrons. The van der Waals surface area contributed by atoms with Gasteiger partial charge in [-0.25, -0.2) is 0 Å². The van der Waals surface area contributed by atoms with E-state index < -0.39 is 5.54 Å². The van der Waals surface area contributed by atoms with Crippen molar-refractivity contribution in [3.63, 3.8) is 0 Å². The van der Waals surface area contributed by atoms with E-state index in [1.165, 1.54) is 19.3 Å². The number of anilines is 1. The maximum atomic E-state index is 9.53. The highest BCUT2D eigenvalue weighted by molar-refractivity contribution is 9.10. The minimum Gasteiger partial charge on any atom is -0.367 e. The lowest BCUT2D eigenvalue weighted by molar-refractivity contribution is 0.286. The maximum Gasteiger partial charge on any atom is 0.125 e. The summed E-state index contributed by atoms with van der Waals surface area (Å²) < 4.78 is 1.06. The molecule has 0 amide bonds. The first-order valence-electron chi connectivity index (χ1n) is 6.59. The van der Waals surface area contributed by atoms with E-state index in [-0.39, 0.29) is 0 Å². The zero-order valence-corrected chi connectivity index (χ0v) is 12.3. The van der Waals surface area contributed by atoms with Crippen LogP contribution in [0.1, 0.15) is 39.0 Å². The molecule has 1 aliphatic carbocycles. The van der Waals surface area contributed by atoms with E-state index >= 15 is 0 Å². The van der Waals surface area contributed by atoms with E-state index in [9.17, 15) is 5.26 Å². The van der Waals surface area contributed by atoms with Gasteiger partial charge < -0.3 is 5.32 Å². The van der Waals surface area contributed by atoms with Gasteiger partial charge in [0.2, 0.25) is 0 Å². The fourth-order valence-corrected chi connectivity index (χ4v) is 3.00. The second kappa shape index (κ2) is 5.75. The Hall–Kier alpha value is -1.01. The summed E-state index contributed by atoms with van der Waals surface area (Å²) in [6, 6.07) is 10.5. The van der Waals surface area contributed by atoms with Crippen LogP contribution in [0.15, 0.2) is 28.7 Å². The molecular formula is C15H19BrN2. The third-order valence-electron chi connectivity index (χ3n) is 3.90. The van der Waals surface area contributed by atoms with Crippen molar-refractivity contribution >= 4 is 21.6 Å². The quantitative estimate of drug-likeness (QED) is 0.876. The normalized spacial score (nSPS) is 19.8. The lowest BCUT2D eigenvalue weighted by atomic mass is 9.76. The highest BCUT2D eigenvalue weighted by atomic mass is 79.9. The van der Waals surface area contributed by atoms with E-state index in [1.54, 1.807) is 0 Å². The summed E-state index contributed by atoms with van der Waals surface area (Å²) in [6.07, 6.45) is 6.14. The fraction of sp³-hybridized carbons (Fsp3) is 0.533. The summed E-state index contributed by atoms with van der Waals surface area (Å²) in [5.41, 5.74) is 0.571. The summed E-state index contributed by atoms with van der Waals surface area (Å²) in [6.45, 7) is 2.03. The topological polar surface area (TPSA) is 35.8 Å². The van der Waals surface area contributed by atoms with Gasteiger partial charge in [0, 0.05) is 10.2 Å². The molecule has 1 fully saturated rings. The highest BCUT2D eigenvalue weighted by Crippen LogP contribution is 2.34. The summed E-state index contributed by atoms with van der Waals surface area (Å²) in [4.78, 5) is 0. The molecule has 2 rings (SSSR count). The molecule has 0 aliphatic heterocycles. The smallest absolute Gasteiger partial charge is 0.125 e. The largest absolute Gasteiger partial charge is 0.367 e. The average molecular weight is 307 g/mol. The second-order valence-corrected chi connectivity index (χ2v) is 6.20. The Bertz CT molecular complexity index is 429. The summed E-state index contributed by atoms with van der Waals surface area (Å²) in [5.74, 6) is 0.458. The number of hydrogen-bond donors (Lipinski definition) is 1. The lowest BCUT2D eigenvalue weighted by Crippen LogP contribution is -2.42. The average Bonchev–Trinajstić information content (AvgIpc) is 2.42. The Labute approximate surface area is 118 Å². The number of benzene rings is 1. The van der Waals surface area contributed by atoms with Gasteiger partial charge in [0.1, 0.15) is 5.54 Å². The van der Waals surface area contributed by atoms with Gasteiger partial charge in [0.25, 0.3) is 0 Å². The number of nitrogens with one attached hydrogen (secondary N) is 1. The van der Waals surface area contributed by atoms with Crippen LogP contribution in [0.4, 0.5) is 5.69 Å². The Morgan fingerprint density at radius 2 is 1.83 bits per heavy atom. The van der Waals surface area contributed by atoms with Crippen LogP contribution < -0.4 is 5.32 Å². The molecule has 0 spiro atoms. The Morgan fingerprint density at radius 3 is 2.39 bits per heavy atom. The molecule has 1 aromatic rings. The van der Waals surface area contributed by atoms with Gasteiger partial charge in [-0.2, -0.15) is 5.26 Å². The number of nitriles is 1. The van der Waals surface area contributed by atoms with Crippen molar-refractivity contribution in [2.24, 2.45) is 5.92 Å². The van der Waals surface area contributed by atoms with E-state index in [0.29, 0.717) is 5.92 Å². The molecule has 1 unspecified atom stereocenters. The van der Waals surface area contributed by atoms with Crippen LogP contribution in [-0.4, -0.2) is 5.54 Å². The maximum absolute atomic E-state index is 9.53. The third kappa shape index (κ3) is 3.05. The Balaban J connectivity index is 2.12. The van der Waals surface area contributed by atoms with Crippen molar-refractivity contribution in [2.45, 2.75) is 44.6 Å². The SMILES string of the molecule is CC(C#N)(Nc1ccc(Br)cc1)C1CCCCC1. The highest BCUT2D eigenvalue weighted by Gasteiger charge is 2.34. The molecule has 18 heavy (non-hydrogen) atoms. The van der Waals surface area contributed by atoms with Gasteiger partial charge in [0.15, 0.2) is 0 Å². The lowest BCUT2D eigenvalue weighted by Gasteiger charge is -2.35. The monoisotopic (exact) mass is 306 g/mol. The molecular weight excluding hydrogens is 288 g/mol. The molecule has 1 aliphatic rings. The van der Waals surface area contributed by atoms with Gasteiger partial charge in [-0.1, -0.05) is 35.2 Å².